The molecule has 3 aromatic rings. The standard InChI is InChI=1S/C30H28N2O7S/c1-4-38-28(34)30(29(35)39-5-2)24(25(33)20-10-7-6-8-11-20)26(21-12-9-13-23(18-21)32(36)37)40-27(30)31-22-16-14-19(3)15-17-22/h6-18,24,26H,4-5H2,1-3H3/t24-,26-/m1/s1. The van der Waals surface area contributed by atoms with E-state index in [2.05, 4.69) is 0 Å². The van der Waals surface area contributed by atoms with Gasteiger partial charge in [-0.3, -0.25) is 24.5 Å². The number of ketones is 1. The van der Waals surface area contributed by atoms with Gasteiger partial charge in [0.2, 0.25) is 5.41 Å². The van der Waals surface area contributed by atoms with Gasteiger partial charge in [-0.05, 0) is 38.5 Å². The number of thioether (sulfide) groups is 1. The predicted molar refractivity (Wildman–Crippen MR) is 152 cm³/mol. The minimum atomic E-state index is -2.25. The van der Waals surface area contributed by atoms with Gasteiger partial charge in [-0.2, -0.15) is 0 Å². The van der Waals surface area contributed by atoms with Crippen molar-refractivity contribution in [3.63, 3.8) is 0 Å². The third-order valence-corrected chi connectivity index (χ3v) is 7.99. The fraction of sp³-hybridized carbons (Fsp3) is 0.267. The van der Waals surface area contributed by atoms with Crippen molar-refractivity contribution >= 4 is 45.9 Å². The van der Waals surface area contributed by atoms with Crippen LogP contribution >= 0.6 is 11.8 Å². The van der Waals surface area contributed by atoms with E-state index in [4.69, 9.17) is 14.5 Å². The van der Waals surface area contributed by atoms with Crippen LogP contribution in [0.4, 0.5) is 11.4 Å². The van der Waals surface area contributed by atoms with E-state index in [1.165, 1.54) is 18.2 Å². The molecule has 0 aromatic heterocycles. The van der Waals surface area contributed by atoms with E-state index in [0.717, 1.165) is 17.3 Å². The first-order valence-corrected chi connectivity index (χ1v) is 13.6. The van der Waals surface area contributed by atoms with E-state index < -0.39 is 39.2 Å². The molecule has 0 amide bonds. The number of nitrogens with zero attached hydrogens (tertiary/aromatic N) is 2. The summed E-state index contributed by atoms with van der Waals surface area (Å²) in [6.45, 7) is 4.99. The Hall–Kier alpha value is -4.31. The Morgan fingerprint density at radius 3 is 2.12 bits per heavy atom. The summed E-state index contributed by atoms with van der Waals surface area (Å²) in [7, 11) is 0. The van der Waals surface area contributed by atoms with Crippen LogP contribution in [0.1, 0.15) is 40.6 Å². The Balaban J connectivity index is 2.05. The van der Waals surface area contributed by atoms with E-state index >= 15 is 0 Å². The molecule has 10 heteroatoms. The molecule has 0 spiro atoms. The lowest BCUT2D eigenvalue weighted by molar-refractivity contribution is -0.384. The van der Waals surface area contributed by atoms with Crippen LogP contribution in [0, 0.1) is 28.4 Å². The molecule has 206 valence electrons. The summed E-state index contributed by atoms with van der Waals surface area (Å²) in [4.78, 5) is 58.0. The van der Waals surface area contributed by atoms with Gasteiger partial charge >= 0.3 is 11.9 Å². The van der Waals surface area contributed by atoms with Crippen molar-refractivity contribution < 1.29 is 28.8 Å². The highest BCUT2D eigenvalue weighted by Gasteiger charge is 2.68. The maximum Gasteiger partial charge on any atom is 0.331 e. The zero-order chi connectivity index (χ0) is 28.9. The first-order valence-electron chi connectivity index (χ1n) is 12.7. The summed E-state index contributed by atoms with van der Waals surface area (Å²) in [5.41, 5.74) is -0.346. The number of non-ortho nitro benzene ring substituents is 1. The summed E-state index contributed by atoms with van der Waals surface area (Å²) < 4.78 is 10.9. The Kier molecular flexibility index (Phi) is 8.79. The maximum atomic E-state index is 14.3. The number of aryl methyl sites for hydroxylation is 1. The molecule has 2 atom stereocenters. The molecule has 1 aliphatic rings. The number of nitro groups is 1. The minimum absolute atomic E-state index is 0.0269. The van der Waals surface area contributed by atoms with Crippen LogP contribution in [0.3, 0.4) is 0 Å². The third kappa shape index (κ3) is 5.40. The van der Waals surface area contributed by atoms with Gasteiger partial charge < -0.3 is 9.47 Å². The monoisotopic (exact) mass is 560 g/mol. The van der Waals surface area contributed by atoms with Gasteiger partial charge in [0, 0.05) is 22.9 Å². The molecule has 0 saturated carbocycles. The van der Waals surface area contributed by atoms with Crippen molar-refractivity contribution in [2.45, 2.75) is 26.0 Å². The number of ether oxygens (including phenoxy) is 2. The van der Waals surface area contributed by atoms with Crippen LogP contribution in [0.15, 0.2) is 83.9 Å². The number of esters is 2. The second kappa shape index (κ2) is 12.3. The van der Waals surface area contributed by atoms with Gasteiger partial charge in [-0.15, -0.1) is 0 Å². The highest BCUT2D eigenvalue weighted by Crippen LogP contribution is 2.59. The molecule has 0 radical (unpaired) electrons. The highest BCUT2D eigenvalue weighted by atomic mass is 32.2. The highest BCUT2D eigenvalue weighted by molar-refractivity contribution is 8.14. The smallest absolute Gasteiger partial charge is 0.331 e. The van der Waals surface area contributed by atoms with E-state index in [-0.39, 0.29) is 29.5 Å². The lowest BCUT2D eigenvalue weighted by atomic mass is 9.69. The molecule has 3 aromatic carbocycles. The van der Waals surface area contributed by atoms with Crippen LogP contribution < -0.4 is 0 Å². The predicted octanol–water partition coefficient (Wildman–Crippen LogP) is 6.03. The molecule has 0 bridgehead atoms. The van der Waals surface area contributed by atoms with Crippen LogP contribution in [-0.4, -0.2) is 40.9 Å². The van der Waals surface area contributed by atoms with E-state index in [1.54, 1.807) is 62.4 Å². The first kappa shape index (κ1) is 28.7. The first-order chi connectivity index (χ1) is 19.2. The zero-order valence-corrected chi connectivity index (χ0v) is 23.1. The average Bonchev–Trinajstić information content (AvgIpc) is 3.30. The van der Waals surface area contributed by atoms with E-state index in [0.29, 0.717) is 11.3 Å². The minimum Gasteiger partial charge on any atom is -0.465 e. The van der Waals surface area contributed by atoms with Gasteiger partial charge in [0.25, 0.3) is 5.69 Å². The molecular weight excluding hydrogens is 532 g/mol. The van der Waals surface area contributed by atoms with Crippen LogP contribution in [0.25, 0.3) is 0 Å². The quantitative estimate of drug-likeness (QED) is 0.102. The summed E-state index contributed by atoms with van der Waals surface area (Å²) in [6.07, 6.45) is 0. The van der Waals surface area contributed by atoms with Crippen molar-refractivity contribution in [2.75, 3.05) is 13.2 Å². The fourth-order valence-electron chi connectivity index (χ4n) is 4.69. The second-order valence-corrected chi connectivity index (χ2v) is 10.2. The topological polar surface area (TPSA) is 125 Å². The van der Waals surface area contributed by atoms with Crippen molar-refractivity contribution in [2.24, 2.45) is 16.3 Å². The molecule has 40 heavy (non-hydrogen) atoms. The summed E-state index contributed by atoms with van der Waals surface area (Å²) in [6, 6.07) is 21.2. The maximum absolute atomic E-state index is 14.3. The molecule has 0 unspecified atom stereocenters. The summed E-state index contributed by atoms with van der Waals surface area (Å²) >= 11 is 1.03. The normalized spacial score (nSPS) is 18.7. The van der Waals surface area contributed by atoms with E-state index in [1.807, 2.05) is 19.1 Å². The Labute approximate surface area is 235 Å². The van der Waals surface area contributed by atoms with Crippen molar-refractivity contribution in [3.8, 4) is 0 Å². The Morgan fingerprint density at radius 1 is 0.925 bits per heavy atom. The van der Waals surface area contributed by atoms with Gasteiger partial charge in [-0.25, -0.2) is 4.99 Å². The Bertz CT molecular complexity index is 1440. The lowest BCUT2D eigenvalue weighted by Crippen LogP contribution is -2.52. The number of hydrogen-bond acceptors (Lipinski definition) is 9. The number of rotatable bonds is 9. The lowest BCUT2D eigenvalue weighted by Gasteiger charge is -2.31. The molecule has 9 nitrogen and oxygen atoms in total. The van der Waals surface area contributed by atoms with Crippen molar-refractivity contribution in [1.82, 2.24) is 0 Å². The molecule has 4 rings (SSSR count). The van der Waals surface area contributed by atoms with Crippen LogP contribution in [0.2, 0.25) is 0 Å². The number of carbonyl (C=O) groups excluding carboxylic acids is 3. The molecule has 1 aliphatic heterocycles. The van der Waals surface area contributed by atoms with Gasteiger partial charge in [0.15, 0.2) is 5.78 Å². The number of Topliss-reactive ketones (excluding diaryl/α,β-unsaturated/α-hetero) is 1. The average molecular weight is 561 g/mol. The summed E-state index contributed by atoms with van der Waals surface area (Å²) in [5.74, 6) is -3.81. The third-order valence-electron chi connectivity index (χ3n) is 6.55. The van der Waals surface area contributed by atoms with Gasteiger partial charge in [0.1, 0.15) is 5.04 Å². The van der Waals surface area contributed by atoms with Crippen molar-refractivity contribution in [1.29, 1.82) is 0 Å². The number of benzene rings is 3. The molecule has 1 fully saturated rings. The molecule has 0 N–H and O–H groups in total. The molecule has 1 heterocycles. The van der Waals surface area contributed by atoms with E-state index in [9.17, 15) is 24.5 Å². The number of carbonyl (C=O) groups is 3. The second-order valence-electron chi connectivity index (χ2n) is 9.10. The van der Waals surface area contributed by atoms with Crippen LogP contribution in [-0.2, 0) is 19.1 Å². The molecule has 1 saturated heterocycles. The number of hydrogen-bond donors (Lipinski definition) is 0. The van der Waals surface area contributed by atoms with Gasteiger partial charge in [0.05, 0.1) is 29.7 Å². The summed E-state index contributed by atoms with van der Waals surface area (Å²) in [5, 5.41) is 10.7. The zero-order valence-electron chi connectivity index (χ0n) is 22.2. The van der Waals surface area contributed by atoms with Gasteiger partial charge in [-0.1, -0.05) is 71.9 Å². The van der Waals surface area contributed by atoms with Crippen molar-refractivity contribution in [3.05, 3.63) is 106 Å². The SMILES string of the molecule is CCOC(=O)C1(C(=O)OCC)C(=Nc2ccc(C)cc2)S[C@H](c2cccc([N+](=O)[O-])c2)[C@H]1C(=O)c1ccccc1. The largest absolute Gasteiger partial charge is 0.465 e. The molecular formula is C30H28N2O7S. The fourth-order valence-corrected chi connectivity index (χ4v) is 6.31. The molecule has 0 aliphatic carbocycles. The number of aliphatic imine (C=N–C) groups is 1. The Morgan fingerprint density at radius 2 is 1.55 bits per heavy atom. The number of nitro benzene ring substituents is 1. The van der Waals surface area contributed by atoms with Crippen LogP contribution in [0.5, 0.6) is 0 Å².